The second-order valence-corrected chi connectivity index (χ2v) is 4.94. The Morgan fingerprint density at radius 1 is 1.21 bits per heavy atom. The molecule has 0 saturated heterocycles. The first-order valence-corrected chi connectivity index (χ1v) is 7.43. The van der Waals surface area contributed by atoms with E-state index in [1.165, 1.54) is 0 Å². The van der Waals surface area contributed by atoms with Crippen LogP contribution in [0.5, 0.6) is 0 Å². The van der Waals surface area contributed by atoms with E-state index in [-0.39, 0.29) is 38.3 Å². The third-order valence-electron chi connectivity index (χ3n) is 3.05. The average molecular weight is 336 g/mol. The molecule has 3 N–H and O–H groups in total. The van der Waals surface area contributed by atoms with Crippen LogP contribution in [0.1, 0.15) is 24.8 Å². The summed E-state index contributed by atoms with van der Waals surface area (Å²) < 4.78 is 4.94. The third kappa shape index (κ3) is 7.92. The second-order valence-electron chi connectivity index (χ2n) is 4.94. The Labute approximate surface area is 139 Å². The largest absolute Gasteiger partial charge is 0.480 e. The number of aldehydes is 1. The number of rotatable bonds is 10. The zero-order valence-corrected chi connectivity index (χ0v) is 13.1. The van der Waals surface area contributed by atoms with Gasteiger partial charge < -0.3 is 25.3 Å². The summed E-state index contributed by atoms with van der Waals surface area (Å²) in [5, 5.41) is 13.8. The van der Waals surface area contributed by atoms with Crippen LogP contribution in [0.15, 0.2) is 30.3 Å². The summed E-state index contributed by atoms with van der Waals surface area (Å²) >= 11 is 0. The van der Waals surface area contributed by atoms with Crippen LogP contribution < -0.4 is 10.6 Å². The summed E-state index contributed by atoms with van der Waals surface area (Å²) in [7, 11) is 0. The van der Waals surface area contributed by atoms with Gasteiger partial charge in [0.2, 0.25) is 5.91 Å². The molecule has 0 fully saturated rings. The molecule has 0 aromatic heterocycles. The number of carboxylic acids is 1. The molecule has 1 aromatic carbocycles. The Morgan fingerprint density at radius 2 is 1.92 bits per heavy atom. The van der Waals surface area contributed by atoms with E-state index in [4.69, 9.17) is 9.84 Å². The van der Waals surface area contributed by atoms with Crippen molar-refractivity contribution in [2.45, 2.75) is 31.9 Å². The number of benzene rings is 1. The van der Waals surface area contributed by atoms with Crippen LogP contribution in [-0.2, 0) is 25.7 Å². The van der Waals surface area contributed by atoms with E-state index >= 15 is 0 Å². The van der Waals surface area contributed by atoms with Crippen LogP contribution in [0, 0.1) is 0 Å². The van der Waals surface area contributed by atoms with Crippen molar-refractivity contribution in [1.82, 2.24) is 10.6 Å². The van der Waals surface area contributed by atoms with Crippen molar-refractivity contribution in [2.24, 2.45) is 0 Å². The molecule has 1 aromatic rings. The monoisotopic (exact) mass is 336 g/mol. The van der Waals surface area contributed by atoms with Gasteiger partial charge in [-0.3, -0.25) is 4.79 Å². The molecule has 0 radical (unpaired) electrons. The Balaban J connectivity index is 2.36. The Kier molecular flexibility index (Phi) is 8.59. The number of amides is 2. The average Bonchev–Trinajstić information content (AvgIpc) is 2.57. The van der Waals surface area contributed by atoms with Crippen LogP contribution in [0.3, 0.4) is 0 Å². The smallest absolute Gasteiger partial charge is 0.408 e. The number of alkyl carbamates (subject to hydrolysis) is 1. The minimum Gasteiger partial charge on any atom is -0.480 e. The Morgan fingerprint density at radius 3 is 2.54 bits per heavy atom. The zero-order valence-electron chi connectivity index (χ0n) is 13.1. The standard InChI is InChI=1S/C16H20N2O6/c19-10-4-9-17-14(20)8-7-13(15(21)22)18-16(23)24-11-12-5-2-1-3-6-12/h1-3,5-6,10,13H,4,7-9,11H2,(H,17,20)(H,18,23)(H,21,22). The van der Waals surface area contributed by atoms with Gasteiger partial charge in [0.25, 0.3) is 0 Å². The number of aliphatic carboxylic acids is 1. The molecule has 0 spiro atoms. The normalized spacial score (nSPS) is 11.2. The molecule has 0 bridgehead atoms. The van der Waals surface area contributed by atoms with E-state index in [0.717, 1.165) is 5.56 Å². The first-order valence-electron chi connectivity index (χ1n) is 7.43. The maximum atomic E-state index is 11.7. The zero-order chi connectivity index (χ0) is 17.8. The third-order valence-corrected chi connectivity index (χ3v) is 3.05. The van der Waals surface area contributed by atoms with Crippen molar-refractivity contribution in [1.29, 1.82) is 0 Å². The van der Waals surface area contributed by atoms with E-state index in [0.29, 0.717) is 6.29 Å². The lowest BCUT2D eigenvalue weighted by molar-refractivity contribution is -0.139. The number of ether oxygens (including phenoxy) is 1. The number of carbonyl (C=O) groups excluding carboxylic acids is 3. The molecule has 1 rings (SSSR count). The molecule has 24 heavy (non-hydrogen) atoms. The molecular weight excluding hydrogens is 316 g/mol. The molecule has 2 amide bonds. The fraction of sp³-hybridized carbons (Fsp3) is 0.375. The van der Waals surface area contributed by atoms with Gasteiger partial charge in [-0.15, -0.1) is 0 Å². The van der Waals surface area contributed by atoms with E-state index in [2.05, 4.69) is 10.6 Å². The highest BCUT2D eigenvalue weighted by Gasteiger charge is 2.21. The van der Waals surface area contributed by atoms with E-state index in [9.17, 15) is 19.2 Å². The summed E-state index contributed by atoms with van der Waals surface area (Å²) in [6.07, 6.45) is -0.173. The molecular formula is C16H20N2O6. The van der Waals surface area contributed by atoms with Gasteiger partial charge in [0, 0.05) is 19.4 Å². The van der Waals surface area contributed by atoms with Crippen LogP contribution in [0.2, 0.25) is 0 Å². The predicted molar refractivity (Wildman–Crippen MR) is 84.1 cm³/mol. The van der Waals surface area contributed by atoms with Gasteiger partial charge >= 0.3 is 12.1 Å². The number of hydrogen-bond donors (Lipinski definition) is 3. The van der Waals surface area contributed by atoms with Crippen molar-refractivity contribution in [2.75, 3.05) is 6.54 Å². The van der Waals surface area contributed by atoms with Gasteiger partial charge in [-0.1, -0.05) is 30.3 Å². The van der Waals surface area contributed by atoms with E-state index in [1.807, 2.05) is 6.07 Å². The Bertz CT molecular complexity index is 561. The summed E-state index contributed by atoms with van der Waals surface area (Å²) in [4.78, 5) is 44.4. The van der Waals surface area contributed by atoms with Crippen molar-refractivity contribution in [3.05, 3.63) is 35.9 Å². The fourth-order valence-electron chi connectivity index (χ4n) is 1.80. The minimum atomic E-state index is -1.26. The number of hydrogen-bond acceptors (Lipinski definition) is 5. The summed E-state index contributed by atoms with van der Waals surface area (Å²) in [5.74, 6) is -1.64. The van der Waals surface area contributed by atoms with Crippen molar-refractivity contribution < 1.29 is 29.0 Å². The lowest BCUT2D eigenvalue weighted by atomic mass is 10.1. The topological polar surface area (TPSA) is 122 Å². The highest BCUT2D eigenvalue weighted by atomic mass is 16.5. The molecule has 130 valence electrons. The van der Waals surface area contributed by atoms with E-state index < -0.39 is 18.1 Å². The maximum Gasteiger partial charge on any atom is 0.408 e. The first-order chi connectivity index (χ1) is 11.5. The second kappa shape index (κ2) is 10.8. The van der Waals surface area contributed by atoms with Crippen molar-refractivity contribution >= 4 is 24.3 Å². The highest BCUT2D eigenvalue weighted by molar-refractivity contribution is 5.81. The molecule has 0 aliphatic heterocycles. The van der Waals surface area contributed by atoms with Crippen molar-refractivity contribution in [3.63, 3.8) is 0 Å². The first kappa shape index (κ1) is 19.1. The van der Waals surface area contributed by atoms with Gasteiger partial charge in [-0.05, 0) is 12.0 Å². The summed E-state index contributed by atoms with van der Waals surface area (Å²) in [6.45, 7) is 0.220. The van der Waals surface area contributed by atoms with Gasteiger partial charge in [-0.25, -0.2) is 9.59 Å². The summed E-state index contributed by atoms with van der Waals surface area (Å²) in [6, 6.07) is 7.71. The summed E-state index contributed by atoms with van der Waals surface area (Å²) in [5.41, 5.74) is 0.772. The van der Waals surface area contributed by atoms with Gasteiger partial charge in [0.05, 0.1) is 0 Å². The molecule has 8 nitrogen and oxygen atoms in total. The molecule has 0 aliphatic carbocycles. The Hall–Kier alpha value is -2.90. The van der Waals surface area contributed by atoms with Gasteiger partial charge in [0.15, 0.2) is 0 Å². The number of nitrogens with one attached hydrogen (secondary N) is 2. The number of carboxylic acid groups (broad SMARTS) is 1. The predicted octanol–water partition coefficient (Wildman–Crippen LogP) is 0.851. The molecule has 0 heterocycles. The van der Waals surface area contributed by atoms with Crippen LogP contribution in [-0.4, -0.2) is 41.9 Å². The lowest BCUT2D eigenvalue weighted by Crippen LogP contribution is -2.41. The minimum absolute atomic E-state index is 0.0190. The molecule has 1 atom stereocenters. The van der Waals surface area contributed by atoms with Gasteiger partial charge in [-0.2, -0.15) is 0 Å². The van der Waals surface area contributed by atoms with Crippen LogP contribution >= 0.6 is 0 Å². The van der Waals surface area contributed by atoms with Crippen molar-refractivity contribution in [3.8, 4) is 0 Å². The molecule has 0 aliphatic rings. The SMILES string of the molecule is O=CCCNC(=O)CCC(NC(=O)OCc1ccccc1)C(=O)O. The maximum absolute atomic E-state index is 11.7. The lowest BCUT2D eigenvalue weighted by Gasteiger charge is -2.14. The van der Waals surface area contributed by atoms with Crippen LogP contribution in [0.4, 0.5) is 4.79 Å². The number of carbonyl (C=O) groups is 4. The fourth-order valence-corrected chi connectivity index (χ4v) is 1.80. The molecule has 8 heteroatoms. The van der Waals surface area contributed by atoms with Crippen LogP contribution in [0.25, 0.3) is 0 Å². The molecule has 1 unspecified atom stereocenters. The van der Waals surface area contributed by atoms with E-state index in [1.54, 1.807) is 24.3 Å². The molecule has 0 saturated carbocycles. The highest BCUT2D eigenvalue weighted by Crippen LogP contribution is 2.03. The quantitative estimate of drug-likeness (QED) is 0.430. The van der Waals surface area contributed by atoms with Gasteiger partial charge in [0.1, 0.15) is 18.9 Å².